The Morgan fingerprint density at radius 3 is 2.52 bits per heavy atom. The van der Waals surface area contributed by atoms with Crippen LogP contribution in [-0.4, -0.2) is 11.3 Å². The summed E-state index contributed by atoms with van der Waals surface area (Å²) in [5.41, 5.74) is 6.31. The van der Waals surface area contributed by atoms with E-state index in [0.29, 0.717) is 5.11 Å². The minimum Gasteiger partial charge on any atom is -0.331 e. The predicted molar refractivity (Wildman–Crippen MR) is 93.8 cm³/mol. The first-order valence-electron chi connectivity index (χ1n) is 6.93. The van der Waals surface area contributed by atoms with Crippen LogP contribution in [0.15, 0.2) is 59.7 Å². The Morgan fingerprint density at radius 2 is 1.81 bits per heavy atom. The lowest BCUT2D eigenvalue weighted by Crippen LogP contribution is -2.23. The number of benzene rings is 2. The zero-order chi connectivity index (χ0) is 14.9. The van der Waals surface area contributed by atoms with Crippen LogP contribution in [0.25, 0.3) is 0 Å². The molecule has 0 saturated carbocycles. The summed E-state index contributed by atoms with van der Waals surface area (Å²) in [7, 11) is 0. The average Bonchev–Trinajstić information content (AvgIpc) is 2.50. The Morgan fingerprint density at radius 1 is 1.10 bits per heavy atom. The third-order valence-electron chi connectivity index (χ3n) is 2.97. The van der Waals surface area contributed by atoms with E-state index in [0.717, 1.165) is 18.5 Å². The summed E-state index contributed by atoms with van der Waals surface area (Å²) >= 11 is 5.18. The molecule has 2 aromatic carbocycles. The van der Waals surface area contributed by atoms with Crippen molar-refractivity contribution in [2.75, 3.05) is 5.32 Å². The summed E-state index contributed by atoms with van der Waals surface area (Å²) in [6.07, 6.45) is 3.70. The van der Waals surface area contributed by atoms with Gasteiger partial charge in [-0.3, -0.25) is 5.43 Å². The quantitative estimate of drug-likeness (QED) is 0.499. The fourth-order valence-corrected chi connectivity index (χ4v) is 2.01. The number of nitrogens with zero attached hydrogens (tertiary/aromatic N) is 1. The van der Waals surface area contributed by atoms with E-state index in [1.807, 2.05) is 48.7 Å². The topological polar surface area (TPSA) is 36.4 Å². The minimum absolute atomic E-state index is 0.495. The number of hydrogen-bond acceptors (Lipinski definition) is 2. The van der Waals surface area contributed by atoms with Crippen LogP contribution in [0.5, 0.6) is 0 Å². The molecule has 108 valence electrons. The van der Waals surface area contributed by atoms with E-state index in [4.69, 9.17) is 12.2 Å². The van der Waals surface area contributed by atoms with Crippen molar-refractivity contribution in [3.8, 4) is 0 Å². The Kier molecular flexibility index (Phi) is 5.91. The van der Waals surface area contributed by atoms with Crippen molar-refractivity contribution < 1.29 is 0 Å². The van der Waals surface area contributed by atoms with Crippen molar-refractivity contribution in [3.63, 3.8) is 0 Å². The smallest absolute Gasteiger partial charge is 0.191 e. The van der Waals surface area contributed by atoms with Gasteiger partial charge >= 0.3 is 0 Å². The van der Waals surface area contributed by atoms with Gasteiger partial charge in [-0.2, -0.15) is 5.10 Å². The SMILES string of the molecule is Cc1ccc(NC(=S)N/N=C/CCc2ccccc2)cc1. The molecule has 0 aromatic heterocycles. The molecule has 2 aromatic rings. The Hall–Kier alpha value is -2.20. The standard InChI is InChI=1S/C17H19N3S/c1-14-9-11-16(12-10-14)19-17(21)20-18-13-5-8-15-6-3-2-4-7-15/h2-4,6-7,9-13H,5,8H2,1H3,(H2,19,20,21)/b18-13+. The van der Waals surface area contributed by atoms with E-state index < -0.39 is 0 Å². The van der Waals surface area contributed by atoms with Crippen LogP contribution in [0, 0.1) is 6.92 Å². The van der Waals surface area contributed by atoms with Gasteiger partial charge in [0.25, 0.3) is 0 Å². The van der Waals surface area contributed by atoms with Crippen molar-refractivity contribution >= 4 is 29.2 Å². The number of aryl methyl sites for hydroxylation is 2. The highest BCUT2D eigenvalue weighted by atomic mass is 32.1. The lowest BCUT2D eigenvalue weighted by atomic mass is 10.1. The summed E-state index contributed by atoms with van der Waals surface area (Å²) < 4.78 is 0. The maximum atomic E-state index is 5.18. The fraction of sp³-hybridized carbons (Fsp3) is 0.176. The molecule has 0 radical (unpaired) electrons. The van der Waals surface area contributed by atoms with Crippen molar-refractivity contribution in [1.29, 1.82) is 0 Å². The van der Waals surface area contributed by atoms with Crippen molar-refractivity contribution in [2.45, 2.75) is 19.8 Å². The Bertz CT molecular complexity index is 591. The molecule has 0 amide bonds. The molecule has 4 heteroatoms. The van der Waals surface area contributed by atoms with E-state index in [1.54, 1.807) is 0 Å². The Labute approximate surface area is 131 Å². The molecular weight excluding hydrogens is 278 g/mol. The number of anilines is 1. The van der Waals surface area contributed by atoms with Gasteiger partial charge in [-0.05, 0) is 49.7 Å². The van der Waals surface area contributed by atoms with Crippen molar-refractivity contribution in [2.24, 2.45) is 5.10 Å². The van der Waals surface area contributed by atoms with Gasteiger partial charge < -0.3 is 5.32 Å². The molecular formula is C17H19N3S. The summed E-state index contributed by atoms with van der Waals surface area (Å²) in [6, 6.07) is 18.4. The highest BCUT2D eigenvalue weighted by molar-refractivity contribution is 7.80. The van der Waals surface area contributed by atoms with Gasteiger partial charge in [0.1, 0.15) is 0 Å². The number of hydrazone groups is 1. The first kappa shape index (κ1) is 15.2. The molecule has 2 N–H and O–H groups in total. The van der Waals surface area contributed by atoms with Crippen molar-refractivity contribution in [1.82, 2.24) is 5.43 Å². The predicted octanol–water partition coefficient (Wildman–Crippen LogP) is 3.90. The lowest BCUT2D eigenvalue weighted by molar-refractivity contribution is 0.999. The largest absolute Gasteiger partial charge is 0.331 e. The molecule has 0 aliphatic rings. The molecule has 0 fully saturated rings. The van der Waals surface area contributed by atoms with Gasteiger partial charge in [0, 0.05) is 11.9 Å². The van der Waals surface area contributed by atoms with Gasteiger partial charge in [0.15, 0.2) is 5.11 Å². The summed E-state index contributed by atoms with van der Waals surface area (Å²) in [5, 5.41) is 7.70. The number of thiocarbonyl (C=S) groups is 1. The van der Waals surface area contributed by atoms with Gasteiger partial charge in [-0.15, -0.1) is 0 Å². The van der Waals surface area contributed by atoms with Gasteiger partial charge in [-0.1, -0.05) is 48.0 Å². The Balaban J connectivity index is 1.69. The molecule has 0 aliphatic heterocycles. The minimum atomic E-state index is 0.495. The molecule has 0 bridgehead atoms. The monoisotopic (exact) mass is 297 g/mol. The molecule has 0 spiro atoms. The average molecular weight is 297 g/mol. The van der Waals surface area contributed by atoms with Gasteiger partial charge in [-0.25, -0.2) is 0 Å². The molecule has 0 atom stereocenters. The molecule has 0 heterocycles. The first-order valence-corrected chi connectivity index (χ1v) is 7.34. The normalized spacial score (nSPS) is 10.5. The zero-order valence-electron chi connectivity index (χ0n) is 12.0. The van der Waals surface area contributed by atoms with Crippen LogP contribution in [0.1, 0.15) is 17.5 Å². The van der Waals surface area contributed by atoms with E-state index in [2.05, 4.69) is 34.9 Å². The maximum Gasteiger partial charge on any atom is 0.191 e. The zero-order valence-corrected chi connectivity index (χ0v) is 12.9. The number of rotatable bonds is 5. The van der Waals surface area contributed by atoms with Crippen LogP contribution in [0.4, 0.5) is 5.69 Å². The van der Waals surface area contributed by atoms with Gasteiger partial charge in [0.05, 0.1) is 0 Å². The second kappa shape index (κ2) is 8.17. The van der Waals surface area contributed by atoms with Crippen LogP contribution >= 0.6 is 12.2 Å². The summed E-state index contributed by atoms with van der Waals surface area (Å²) in [4.78, 5) is 0. The highest BCUT2D eigenvalue weighted by Crippen LogP contribution is 2.08. The number of hydrogen-bond donors (Lipinski definition) is 2. The molecule has 0 aliphatic carbocycles. The molecule has 3 nitrogen and oxygen atoms in total. The molecule has 0 saturated heterocycles. The summed E-state index contributed by atoms with van der Waals surface area (Å²) in [6.45, 7) is 2.05. The molecule has 0 unspecified atom stereocenters. The van der Waals surface area contributed by atoms with Crippen LogP contribution in [0.3, 0.4) is 0 Å². The molecule has 2 rings (SSSR count). The second-order valence-corrected chi connectivity index (χ2v) is 5.18. The van der Waals surface area contributed by atoms with E-state index in [9.17, 15) is 0 Å². The molecule has 21 heavy (non-hydrogen) atoms. The lowest BCUT2D eigenvalue weighted by Gasteiger charge is -2.06. The summed E-state index contributed by atoms with van der Waals surface area (Å²) in [5.74, 6) is 0. The first-order chi connectivity index (χ1) is 10.2. The van der Waals surface area contributed by atoms with Crippen LogP contribution in [-0.2, 0) is 6.42 Å². The fourth-order valence-electron chi connectivity index (χ4n) is 1.84. The van der Waals surface area contributed by atoms with E-state index >= 15 is 0 Å². The van der Waals surface area contributed by atoms with Crippen LogP contribution < -0.4 is 10.7 Å². The second-order valence-electron chi connectivity index (χ2n) is 4.77. The highest BCUT2D eigenvalue weighted by Gasteiger charge is 1.95. The van der Waals surface area contributed by atoms with Crippen molar-refractivity contribution in [3.05, 3.63) is 65.7 Å². The van der Waals surface area contributed by atoms with Crippen LogP contribution in [0.2, 0.25) is 0 Å². The number of nitrogens with one attached hydrogen (secondary N) is 2. The third-order valence-corrected chi connectivity index (χ3v) is 3.17. The van der Waals surface area contributed by atoms with E-state index in [1.165, 1.54) is 11.1 Å². The maximum absolute atomic E-state index is 5.18. The van der Waals surface area contributed by atoms with Gasteiger partial charge in [0.2, 0.25) is 0 Å². The van der Waals surface area contributed by atoms with E-state index in [-0.39, 0.29) is 0 Å². The third kappa shape index (κ3) is 5.75.